The maximum Gasteiger partial charge on any atom is 0.328 e. The minimum absolute atomic E-state index is 0.120. The summed E-state index contributed by atoms with van der Waals surface area (Å²) in [6.45, 7) is 0. The fourth-order valence-electron chi connectivity index (χ4n) is 2.75. The number of halogens is 2. The molecule has 0 radical (unpaired) electrons. The molecule has 0 saturated heterocycles. The van der Waals surface area contributed by atoms with Crippen LogP contribution in [0.2, 0.25) is 0 Å². The first kappa shape index (κ1) is 18.1. The van der Waals surface area contributed by atoms with Crippen molar-refractivity contribution in [3.8, 4) is 0 Å². The lowest BCUT2D eigenvalue weighted by Crippen LogP contribution is -2.48. The van der Waals surface area contributed by atoms with Crippen LogP contribution in [0.25, 0.3) is 0 Å². The van der Waals surface area contributed by atoms with E-state index in [1.807, 2.05) is 6.07 Å². The zero-order valence-electron chi connectivity index (χ0n) is 12.6. The number of hydrogen-bond donors (Lipinski definition) is 1. The number of Topliss-reactive ketones (excluding diaryl/α,β-unsaturated/α-hetero) is 1. The molecule has 0 heterocycles. The van der Waals surface area contributed by atoms with E-state index in [2.05, 4.69) is 37.2 Å². The molecule has 1 aliphatic rings. The molecule has 0 spiro atoms. The van der Waals surface area contributed by atoms with E-state index in [0.717, 1.165) is 15.4 Å². The van der Waals surface area contributed by atoms with Crippen LogP contribution in [0.1, 0.15) is 36.0 Å². The number of carbonyl (C=O) groups excluding carboxylic acids is 3. The lowest BCUT2D eigenvalue weighted by atomic mass is 9.83. The van der Waals surface area contributed by atoms with Crippen molar-refractivity contribution in [2.24, 2.45) is 5.92 Å². The van der Waals surface area contributed by atoms with Crippen molar-refractivity contribution in [1.29, 1.82) is 0 Å². The fourth-order valence-corrected chi connectivity index (χ4v) is 4.04. The first-order valence-corrected chi connectivity index (χ1v) is 8.86. The van der Waals surface area contributed by atoms with Crippen LogP contribution in [0.3, 0.4) is 0 Å². The molecular formula is C16H17Br2NO4. The third-order valence-corrected chi connectivity index (χ3v) is 4.77. The van der Waals surface area contributed by atoms with Gasteiger partial charge in [0.2, 0.25) is 0 Å². The normalized spacial score (nSPS) is 19.1. The summed E-state index contributed by atoms with van der Waals surface area (Å²) >= 11 is 6.66. The topological polar surface area (TPSA) is 72.5 Å². The van der Waals surface area contributed by atoms with Gasteiger partial charge < -0.3 is 10.1 Å². The molecule has 0 aromatic heterocycles. The second kappa shape index (κ2) is 8.06. The van der Waals surface area contributed by atoms with Crippen molar-refractivity contribution in [1.82, 2.24) is 5.32 Å². The van der Waals surface area contributed by atoms with Gasteiger partial charge in [-0.15, -0.1) is 0 Å². The summed E-state index contributed by atoms with van der Waals surface area (Å²) in [7, 11) is 1.28. The number of methoxy groups -OCH3 is 1. The van der Waals surface area contributed by atoms with Crippen LogP contribution in [0.5, 0.6) is 0 Å². The van der Waals surface area contributed by atoms with Gasteiger partial charge in [0.25, 0.3) is 5.91 Å². The highest BCUT2D eigenvalue weighted by atomic mass is 79.9. The number of esters is 1. The molecule has 1 fully saturated rings. The molecule has 5 nitrogen and oxygen atoms in total. The Balaban J connectivity index is 2.18. The van der Waals surface area contributed by atoms with Crippen molar-refractivity contribution in [2.45, 2.75) is 31.7 Å². The highest BCUT2D eigenvalue weighted by molar-refractivity contribution is 9.11. The summed E-state index contributed by atoms with van der Waals surface area (Å²) in [6, 6.07) is 4.34. The molecule has 23 heavy (non-hydrogen) atoms. The molecular weight excluding hydrogens is 430 g/mol. The molecule has 0 aliphatic heterocycles. The van der Waals surface area contributed by atoms with Crippen molar-refractivity contribution in [3.63, 3.8) is 0 Å². The van der Waals surface area contributed by atoms with E-state index in [9.17, 15) is 14.4 Å². The van der Waals surface area contributed by atoms with Crippen molar-refractivity contribution < 1.29 is 19.1 Å². The van der Waals surface area contributed by atoms with Gasteiger partial charge in [-0.1, -0.05) is 31.9 Å². The number of amides is 1. The Morgan fingerprint density at radius 2 is 1.91 bits per heavy atom. The quantitative estimate of drug-likeness (QED) is 0.720. The van der Waals surface area contributed by atoms with Crippen molar-refractivity contribution in [2.75, 3.05) is 7.11 Å². The average Bonchev–Trinajstić information content (AvgIpc) is 2.50. The monoisotopic (exact) mass is 445 g/mol. The molecule has 1 aliphatic carbocycles. The Morgan fingerprint density at radius 1 is 1.26 bits per heavy atom. The lowest BCUT2D eigenvalue weighted by molar-refractivity contribution is -0.145. The third-order valence-electron chi connectivity index (χ3n) is 3.86. The van der Waals surface area contributed by atoms with Crippen molar-refractivity contribution >= 4 is 49.5 Å². The summed E-state index contributed by atoms with van der Waals surface area (Å²) in [5.41, 5.74) is 0.419. The first-order chi connectivity index (χ1) is 10.9. The van der Waals surface area contributed by atoms with Gasteiger partial charge in [0.15, 0.2) is 0 Å². The van der Waals surface area contributed by atoms with Crippen LogP contribution in [0.4, 0.5) is 0 Å². The molecule has 2 atom stereocenters. The van der Waals surface area contributed by atoms with E-state index in [-0.39, 0.29) is 17.6 Å². The van der Waals surface area contributed by atoms with Crippen LogP contribution in [-0.4, -0.2) is 30.8 Å². The highest BCUT2D eigenvalue weighted by Gasteiger charge is 2.34. The van der Waals surface area contributed by atoms with E-state index in [1.54, 1.807) is 12.1 Å². The Labute approximate surface area is 151 Å². The van der Waals surface area contributed by atoms with E-state index < -0.39 is 12.0 Å². The van der Waals surface area contributed by atoms with Crippen molar-refractivity contribution in [3.05, 3.63) is 32.7 Å². The van der Waals surface area contributed by atoms with Gasteiger partial charge in [0.1, 0.15) is 11.8 Å². The molecule has 1 amide bonds. The Bertz CT molecular complexity index is 612. The average molecular weight is 447 g/mol. The second-order valence-electron chi connectivity index (χ2n) is 5.53. The number of ether oxygens (including phenoxy) is 1. The molecule has 0 unspecified atom stereocenters. The van der Waals surface area contributed by atoms with Crippen LogP contribution in [0, 0.1) is 5.92 Å². The maximum absolute atomic E-state index is 12.5. The number of hydrogen-bond acceptors (Lipinski definition) is 4. The molecule has 7 heteroatoms. The summed E-state index contributed by atoms with van der Waals surface area (Å²) in [6.07, 6.45) is 2.28. The third kappa shape index (κ3) is 4.88. The number of carbonyl (C=O) groups is 3. The van der Waals surface area contributed by atoms with Gasteiger partial charge in [-0.05, 0) is 37.0 Å². The number of benzene rings is 1. The Morgan fingerprint density at radius 3 is 2.48 bits per heavy atom. The lowest BCUT2D eigenvalue weighted by Gasteiger charge is -2.28. The summed E-state index contributed by atoms with van der Waals surface area (Å²) in [5, 5.41) is 2.72. The maximum atomic E-state index is 12.5. The molecule has 1 aromatic rings. The molecule has 2 rings (SSSR count). The van der Waals surface area contributed by atoms with E-state index in [4.69, 9.17) is 4.74 Å². The van der Waals surface area contributed by atoms with Gasteiger partial charge in [-0.25, -0.2) is 4.79 Å². The van der Waals surface area contributed by atoms with E-state index in [0.29, 0.717) is 24.8 Å². The minimum atomic E-state index is -0.811. The molecule has 1 aromatic carbocycles. The van der Waals surface area contributed by atoms with Gasteiger partial charge in [-0.3, -0.25) is 9.59 Å². The van der Waals surface area contributed by atoms with Gasteiger partial charge in [0.05, 0.1) is 7.11 Å². The fraction of sp³-hybridized carbons (Fsp3) is 0.438. The highest BCUT2D eigenvalue weighted by Crippen LogP contribution is 2.26. The molecule has 124 valence electrons. The minimum Gasteiger partial charge on any atom is -0.467 e. The predicted octanol–water partition coefficient (Wildman–Crippen LogP) is 3.24. The van der Waals surface area contributed by atoms with Crippen LogP contribution in [-0.2, 0) is 14.3 Å². The Hall–Kier alpha value is -1.21. The summed E-state index contributed by atoms with van der Waals surface area (Å²) in [5.74, 6) is -0.995. The zero-order valence-corrected chi connectivity index (χ0v) is 15.8. The standard InChI is InChI=1S/C16H17Br2NO4/c1-23-16(22)14(9-3-2-4-13(20)7-9)19-15(21)10-5-11(17)8-12(18)6-10/h5-6,8-9,14H,2-4,7H2,1H3,(H,19,21)/t9-,14-/m0/s1. The SMILES string of the molecule is COC(=O)[C@@H](NC(=O)c1cc(Br)cc(Br)c1)[C@H]1CCCC(=O)C1. The number of rotatable bonds is 4. The van der Waals surface area contributed by atoms with Gasteiger partial charge >= 0.3 is 5.97 Å². The molecule has 0 bridgehead atoms. The van der Waals surface area contributed by atoms with Crippen LogP contribution < -0.4 is 5.32 Å². The van der Waals surface area contributed by atoms with E-state index in [1.165, 1.54) is 7.11 Å². The summed E-state index contributed by atoms with van der Waals surface area (Å²) < 4.78 is 6.30. The number of ketones is 1. The predicted molar refractivity (Wildman–Crippen MR) is 92.1 cm³/mol. The summed E-state index contributed by atoms with van der Waals surface area (Å²) in [4.78, 5) is 36.2. The largest absolute Gasteiger partial charge is 0.467 e. The number of nitrogens with one attached hydrogen (secondary N) is 1. The van der Waals surface area contributed by atoms with Crippen LogP contribution >= 0.6 is 31.9 Å². The Kier molecular flexibility index (Phi) is 6.35. The molecule has 1 saturated carbocycles. The second-order valence-corrected chi connectivity index (χ2v) is 7.36. The van der Waals surface area contributed by atoms with Gasteiger partial charge in [0, 0.05) is 27.4 Å². The first-order valence-electron chi connectivity index (χ1n) is 7.27. The smallest absolute Gasteiger partial charge is 0.328 e. The van der Waals surface area contributed by atoms with Crippen LogP contribution in [0.15, 0.2) is 27.1 Å². The van der Waals surface area contributed by atoms with E-state index >= 15 is 0 Å². The zero-order chi connectivity index (χ0) is 17.0. The molecule has 1 N–H and O–H groups in total. The van der Waals surface area contributed by atoms with Gasteiger partial charge in [-0.2, -0.15) is 0 Å².